The number of hydrogen-bond acceptors (Lipinski definition) is 4. The number of para-hydroxylation sites is 1. The lowest BCUT2D eigenvalue weighted by molar-refractivity contribution is -0.121. The predicted octanol–water partition coefficient (Wildman–Crippen LogP) is 5.45. The molecule has 7 heteroatoms. The Bertz CT molecular complexity index is 925. The number of rotatable bonds is 6. The van der Waals surface area contributed by atoms with Gasteiger partial charge in [0.15, 0.2) is 0 Å². The first-order chi connectivity index (χ1) is 13.0. The molecule has 0 radical (unpaired) electrons. The number of carbonyl (C=O) groups excluding carboxylic acids is 1. The zero-order valence-electron chi connectivity index (χ0n) is 14.2. The molecule has 1 amide bonds. The highest BCUT2D eigenvalue weighted by Gasteiger charge is 2.31. The lowest BCUT2D eigenvalue weighted by atomic mass is 10.1. The van der Waals surface area contributed by atoms with Crippen molar-refractivity contribution in [3.8, 4) is 5.75 Å². The minimum atomic E-state index is -0.426. The smallest absolute Gasteiger partial charge is 0.266 e. The van der Waals surface area contributed by atoms with Crippen molar-refractivity contribution in [1.29, 1.82) is 0 Å². The highest BCUT2D eigenvalue weighted by molar-refractivity contribution is 8.26. The Kier molecular flexibility index (Phi) is 6.31. The topological polar surface area (TPSA) is 29.5 Å². The van der Waals surface area contributed by atoms with Gasteiger partial charge in [0.05, 0.1) is 9.93 Å². The zero-order chi connectivity index (χ0) is 19.4. The molecule has 0 unspecified atom stereocenters. The van der Waals surface area contributed by atoms with Gasteiger partial charge in [-0.25, -0.2) is 4.39 Å². The number of hydrogen-bond donors (Lipinski definition) is 0. The zero-order valence-corrected chi connectivity index (χ0v) is 16.5. The third kappa shape index (κ3) is 4.40. The molecule has 0 atom stereocenters. The highest BCUT2D eigenvalue weighted by Crippen LogP contribution is 2.34. The third-order valence-corrected chi connectivity index (χ3v) is 5.56. The van der Waals surface area contributed by atoms with Gasteiger partial charge in [-0.2, -0.15) is 0 Å². The van der Waals surface area contributed by atoms with Gasteiger partial charge in [0.1, 0.15) is 22.5 Å². The van der Waals surface area contributed by atoms with Crippen LogP contribution < -0.4 is 4.74 Å². The molecule has 27 heavy (non-hydrogen) atoms. The maximum absolute atomic E-state index is 13.9. The van der Waals surface area contributed by atoms with Gasteiger partial charge in [-0.05, 0) is 24.3 Å². The van der Waals surface area contributed by atoms with Gasteiger partial charge in [0.25, 0.3) is 5.91 Å². The Morgan fingerprint density at radius 1 is 1.26 bits per heavy atom. The van der Waals surface area contributed by atoms with E-state index in [1.807, 2.05) is 12.1 Å². The fourth-order valence-electron chi connectivity index (χ4n) is 2.48. The van der Waals surface area contributed by atoms with Crippen LogP contribution >= 0.6 is 35.6 Å². The van der Waals surface area contributed by atoms with Crippen LogP contribution in [0.3, 0.4) is 0 Å². The molecule has 1 fully saturated rings. The van der Waals surface area contributed by atoms with Gasteiger partial charge >= 0.3 is 0 Å². The first-order valence-corrected chi connectivity index (χ1v) is 9.62. The Morgan fingerprint density at radius 2 is 2.04 bits per heavy atom. The summed E-state index contributed by atoms with van der Waals surface area (Å²) >= 11 is 12.5. The minimum Gasteiger partial charge on any atom is -0.488 e. The van der Waals surface area contributed by atoms with Crippen LogP contribution in [0.2, 0.25) is 5.02 Å². The molecular weight excluding hydrogens is 405 g/mol. The van der Waals surface area contributed by atoms with Crippen molar-refractivity contribution >= 4 is 51.9 Å². The number of thiocarbonyl (C=S) groups is 1. The van der Waals surface area contributed by atoms with Crippen molar-refractivity contribution in [2.24, 2.45) is 0 Å². The lowest BCUT2D eigenvalue weighted by Crippen LogP contribution is -2.27. The molecule has 1 aliphatic heterocycles. The Morgan fingerprint density at radius 3 is 2.78 bits per heavy atom. The van der Waals surface area contributed by atoms with Gasteiger partial charge in [0, 0.05) is 17.7 Å². The number of benzene rings is 2. The summed E-state index contributed by atoms with van der Waals surface area (Å²) in [5.41, 5.74) is 0.982. The molecule has 1 heterocycles. The summed E-state index contributed by atoms with van der Waals surface area (Å²) in [6.07, 6.45) is 3.35. The van der Waals surface area contributed by atoms with E-state index in [0.29, 0.717) is 32.1 Å². The summed E-state index contributed by atoms with van der Waals surface area (Å²) < 4.78 is 20.2. The van der Waals surface area contributed by atoms with Gasteiger partial charge in [-0.15, -0.1) is 6.58 Å². The van der Waals surface area contributed by atoms with Crippen molar-refractivity contribution in [2.75, 3.05) is 6.54 Å². The first kappa shape index (κ1) is 19.6. The molecule has 0 saturated carbocycles. The van der Waals surface area contributed by atoms with E-state index in [4.69, 9.17) is 28.6 Å². The number of halogens is 2. The second-order valence-electron chi connectivity index (χ2n) is 5.61. The summed E-state index contributed by atoms with van der Waals surface area (Å²) in [5, 5.41) is 0.303. The van der Waals surface area contributed by atoms with Gasteiger partial charge in [-0.3, -0.25) is 9.69 Å². The van der Waals surface area contributed by atoms with Crippen LogP contribution in [0.25, 0.3) is 6.08 Å². The maximum atomic E-state index is 13.9. The van der Waals surface area contributed by atoms with Crippen LogP contribution in [0.15, 0.2) is 60.0 Å². The van der Waals surface area contributed by atoms with E-state index >= 15 is 0 Å². The summed E-state index contributed by atoms with van der Waals surface area (Å²) in [5.74, 6) is -0.0760. The van der Waals surface area contributed by atoms with Crippen LogP contribution in [0, 0.1) is 5.82 Å². The second-order valence-corrected chi connectivity index (χ2v) is 7.69. The molecule has 0 bridgehead atoms. The number of thioether (sulfide) groups is 1. The van der Waals surface area contributed by atoms with Crippen LogP contribution in [-0.2, 0) is 11.4 Å². The van der Waals surface area contributed by atoms with E-state index in [-0.39, 0.29) is 18.1 Å². The highest BCUT2D eigenvalue weighted by atomic mass is 35.5. The van der Waals surface area contributed by atoms with Gasteiger partial charge < -0.3 is 4.74 Å². The normalized spacial score (nSPS) is 15.5. The standard InChI is InChI=1S/C20H15ClFNO2S2/c1-2-10-23-19(24)18(27-20(23)26)11-13-6-3-4-9-17(13)25-12-14-15(21)7-5-8-16(14)22/h2-9,11H,1,10,12H2/b18-11+. The summed E-state index contributed by atoms with van der Waals surface area (Å²) in [6.45, 7) is 3.99. The summed E-state index contributed by atoms with van der Waals surface area (Å²) in [7, 11) is 0. The second kappa shape index (κ2) is 8.69. The molecule has 138 valence electrons. The molecule has 3 rings (SSSR count). The van der Waals surface area contributed by atoms with E-state index in [1.54, 1.807) is 36.4 Å². The quantitative estimate of drug-likeness (QED) is 0.354. The Labute approximate surface area is 171 Å². The summed E-state index contributed by atoms with van der Waals surface area (Å²) in [6, 6.07) is 11.7. The van der Waals surface area contributed by atoms with E-state index in [2.05, 4.69) is 6.58 Å². The molecule has 2 aromatic rings. The Hall–Kier alpha value is -2.15. The van der Waals surface area contributed by atoms with E-state index < -0.39 is 5.82 Å². The van der Waals surface area contributed by atoms with Crippen LogP contribution in [0.4, 0.5) is 4.39 Å². The lowest BCUT2D eigenvalue weighted by Gasteiger charge is -2.12. The summed E-state index contributed by atoms with van der Waals surface area (Å²) in [4.78, 5) is 14.5. The fourth-order valence-corrected chi connectivity index (χ4v) is 3.96. The maximum Gasteiger partial charge on any atom is 0.266 e. The van der Waals surface area contributed by atoms with Crippen LogP contribution in [0.5, 0.6) is 5.75 Å². The van der Waals surface area contributed by atoms with Crippen molar-refractivity contribution in [1.82, 2.24) is 4.90 Å². The molecule has 1 aliphatic rings. The Balaban J connectivity index is 1.84. The molecule has 0 aliphatic carbocycles. The molecule has 3 nitrogen and oxygen atoms in total. The van der Waals surface area contributed by atoms with Gasteiger partial charge in [-0.1, -0.05) is 65.9 Å². The molecular formula is C20H15ClFNO2S2. The monoisotopic (exact) mass is 419 g/mol. The van der Waals surface area contributed by atoms with Crippen LogP contribution in [0.1, 0.15) is 11.1 Å². The minimum absolute atomic E-state index is 0.0201. The third-order valence-electron chi connectivity index (χ3n) is 3.82. The number of nitrogens with zero attached hydrogens (tertiary/aromatic N) is 1. The van der Waals surface area contributed by atoms with Gasteiger partial charge in [0.2, 0.25) is 0 Å². The molecule has 2 aromatic carbocycles. The molecule has 1 saturated heterocycles. The molecule has 0 aromatic heterocycles. The number of carbonyl (C=O) groups is 1. The SMILES string of the molecule is C=CCN1C(=O)/C(=C\c2ccccc2OCc2c(F)cccc2Cl)SC1=S. The first-order valence-electron chi connectivity index (χ1n) is 8.02. The van der Waals surface area contributed by atoms with Crippen LogP contribution in [-0.4, -0.2) is 21.7 Å². The van der Waals surface area contributed by atoms with E-state index in [0.717, 1.165) is 0 Å². The average Bonchev–Trinajstić information content (AvgIpc) is 2.90. The largest absolute Gasteiger partial charge is 0.488 e. The van der Waals surface area contributed by atoms with Crippen molar-refractivity contribution in [2.45, 2.75) is 6.61 Å². The average molecular weight is 420 g/mol. The van der Waals surface area contributed by atoms with Crippen molar-refractivity contribution < 1.29 is 13.9 Å². The molecule has 0 N–H and O–H groups in total. The molecule has 0 spiro atoms. The fraction of sp³-hybridized carbons (Fsp3) is 0.100. The predicted molar refractivity (Wildman–Crippen MR) is 112 cm³/mol. The number of ether oxygens (including phenoxy) is 1. The van der Waals surface area contributed by atoms with Crippen molar-refractivity contribution in [3.63, 3.8) is 0 Å². The van der Waals surface area contributed by atoms with E-state index in [1.165, 1.54) is 22.7 Å². The number of amides is 1. The van der Waals surface area contributed by atoms with Crippen molar-refractivity contribution in [3.05, 3.63) is 82.0 Å². The van der Waals surface area contributed by atoms with E-state index in [9.17, 15) is 9.18 Å².